The van der Waals surface area contributed by atoms with Crippen LogP contribution in [0.15, 0.2) is 5.10 Å². The molecule has 1 atom stereocenters. The number of hydrazone groups is 1. The summed E-state index contributed by atoms with van der Waals surface area (Å²) in [6.45, 7) is 0. The molecule has 17 heavy (non-hydrogen) atoms. The van der Waals surface area contributed by atoms with E-state index >= 15 is 0 Å². The molecule has 1 amide bonds. The highest BCUT2D eigenvalue weighted by molar-refractivity contribution is 5.89. The molecular formula is C12H16N4O. The second kappa shape index (κ2) is 7.40. The Morgan fingerprint density at radius 2 is 2.24 bits per heavy atom. The fourth-order valence-corrected chi connectivity index (χ4v) is 2.01. The highest BCUT2D eigenvalue weighted by Crippen LogP contribution is 2.25. The lowest BCUT2D eigenvalue weighted by atomic mass is 9.84. The Bertz CT molecular complexity index is 375. The van der Waals surface area contributed by atoms with Crippen molar-refractivity contribution >= 4 is 11.6 Å². The SMILES string of the molecule is N#CCC[C@H]1CCCC/C1=N/NC(=O)CC#N. The Labute approximate surface area is 101 Å². The van der Waals surface area contributed by atoms with E-state index in [4.69, 9.17) is 10.5 Å². The van der Waals surface area contributed by atoms with E-state index in [-0.39, 0.29) is 12.3 Å². The summed E-state index contributed by atoms with van der Waals surface area (Å²) in [7, 11) is 0. The maximum absolute atomic E-state index is 11.1. The van der Waals surface area contributed by atoms with E-state index in [1.165, 1.54) is 0 Å². The van der Waals surface area contributed by atoms with Crippen LogP contribution >= 0.6 is 0 Å². The molecule has 0 radical (unpaired) electrons. The van der Waals surface area contributed by atoms with Crippen molar-refractivity contribution in [3.05, 3.63) is 0 Å². The molecule has 5 heteroatoms. The Morgan fingerprint density at radius 1 is 1.41 bits per heavy atom. The van der Waals surface area contributed by atoms with Crippen molar-refractivity contribution in [2.45, 2.75) is 44.9 Å². The lowest BCUT2D eigenvalue weighted by Crippen LogP contribution is -2.25. The van der Waals surface area contributed by atoms with Crippen LogP contribution in [0.25, 0.3) is 0 Å². The van der Waals surface area contributed by atoms with Crippen molar-refractivity contribution in [2.75, 3.05) is 0 Å². The van der Waals surface area contributed by atoms with E-state index in [9.17, 15) is 4.79 Å². The highest BCUT2D eigenvalue weighted by atomic mass is 16.2. The number of amides is 1. The normalized spacial score (nSPS) is 21.5. The average Bonchev–Trinajstić information content (AvgIpc) is 2.35. The molecule has 1 aliphatic carbocycles. The van der Waals surface area contributed by atoms with E-state index in [0.29, 0.717) is 12.3 Å². The van der Waals surface area contributed by atoms with Gasteiger partial charge in [0.15, 0.2) is 0 Å². The van der Waals surface area contributed by atoms with Crippen molar-refractivity contribution in [1.29, 1.82) is 10.5 Å². The predicted molar refractivity (Wildman–Crippen MR) is 62.6 cm³/mol. The third kappa shape index (κ3) is 4.65. The molecule has 1 rings (SSSR count). The molecule has 0 bridgehead atoms. The number of nitrogens with one attached hydrogen (secondary N) is 1. The van der Waals surface area contributed by atoms with Gasteiger partial charge in [-0.2, -0.15) is 15.6 Å². The van der Waals surface area contributed by atoms with Gasteiger partial charge in [-0.15, -0.1) is 0 Å². The molecule has 0 unspecified atom stereocenters. The zero-order valence-electron chi connectivity index (χ0n) is 9.78. The Morgan fingerprint density at radius 3 is 2.94 bits per heavy atom. The summed E-state index contributed by atoms with van der Waals surface area (Å²) in [6.07, 6.45) is 5.31. The molecule has 1 N–H and O–H groups in total. The smallest absolute Gasteiger partial charge is 0.254 e. The number of rotatable bonds is 4. The van der Waals surface area contributed by atoms with Crippen molar-refractivity contribution in [3.63, 3.8) is 0 Å². The maximum atomic E-state index is 11.1. The minimum atomic E-state index is -0.371. The number of carbonyl (C=O) groups excluding carboxylic acids is 1. The lowest BCUT2D eigenvalue weighted by molar-refractivity contribution is -0.120. The topological polar surface area (TPSA) is 89.0 Å². The van der Waals surface area contributed by atoms with Gasteiger partial charge < -0.3 is 0 Å². The minimum Gasteiger partial charge on any atom is -0.272 e. The maximum Gasteiger partial charge on any atom is 0.254 e. The quantitative estimate of drug-likeness (QED) is 0.750. The van der Waals surface area contributed by atoms with Crippen molar-refractivity contribution in [1.82, 2.24) is 5.43 Å². The summed E-state index contributed by atoms with van der Waals surface area (Å²) in [4.78, 5) is 11.1. The number of nitrogens with zero attached hydrogens (tertiary/aromatic N) is 3. The van der Waals surface area contributed by atoms with Gasteiger partial charge in [-0.1, -0.05) is 6.42 Å². The Hall–Kier alpha value is -1.88. The first-order chi connectivity index (χ1) is 8.27. The van der Waals surface area contributed by atoms with Crippen LogP contribution in [0.1, 0.15) is 44.9 Å². The van der Waals surface area contributed by atoms with Crippen LogP contribution in [0, 0.1) is 28.6 Å². The van der Waals surface area contributed by atoms with Gasteiger partial charge in [0.05, 0.1) is 12.1 Å². The monoisotopic (exact) mass is 232 g/mol. The fraction of sp³-hybridized carbons (Fsp3) is 0.667. The lowest BCUT2D eigenvalue weighted by Gasteiger charge is -2.22. The van der Waals surface area contributed by atoms with Crippen molar-refractivity contribution in [3.8, 4) is 12.1 Å². The van der Waals surface area contributed by atoms with Gasteiger partial charge in [0.1, 0.15) is 6.42 Å². The molecule has 1 saturated carbocycles. The third-order valence-electron chi connectivity index (χ3n) is 2.88. The van der Waals surface area contributed by atoms with Crippen LogP contribution in [0.3, 0.4) is 0 Å². The zero-order chi connectivity index (χ0) is 12.5. The first-order valence-electron chi connectivity index (χ1n) is 5.87. The van der Waals surface area contributed by atoms with E-state index in [2.05, 4.69) is 16.6 Å². The minimum absolute atomic E-state index is 0.167. The highest BCUT2D eigenvalue weighted by Gasteiger charge is 2.20. The van der Waals surface area contributed by atoms with Gasteiger partial charge in [0.25, 0.3) is 5.91 Å². The van der Waals surface area contributed by atoms with Crippen LogP contribution in [0.4, 0.5) is 0 Å². The predicted octanol–water partition coefficient (Wildman–Crippen LogP) is 1.87. The van der Waals surface area contributed by atoms with Gasteiger partial charge in [0, 0.05) is 18.1 Å². The Balaban J connectivity index is 2.52. The van der Waals surface area contributed by atoms with Gasteiger partial charge in [-0.05, 0) is 25.7 Å². The standard InChI is InChI=1S/C12H16N4O/c13-8-3-5-10-4-1-2-6-11(10)15-16-12(17)7-9-14/h10H,1-7H2,(H,16,17)/b15-11-/t10-/m1/s1. The third-order valence-corrected chi connectivity index (χ3v) is 2.88. The van der Waals surface area contributed by atoms with Crippen LogP contribution in [0.5, 0.6) is 0 Å². The molecule has 0 aliphatic heterocycles. The molecule has 1 fully saturated rings. The summed E-state index contributed by atoms with van der Waals surface area (Å²) in [5.74, 6) is -0.0598. The zero-order valence-corrected chi connectivity index (χ0v) is 9.78. The summed E-state index contributed by atoms with van der Waals surface area (Å²) < 4.78 is 0. The molecule has 0 spiro atoms. The molecule has 0 heterocycles. The molecule has 0 aromatic carbocycles. The summed E-state index contributed by atoms with van der Waals surface area (Å²) >= 11 is 0. The van der Waals surface area contributed by atoms with Gasteiger partial charge in [-0.25, -0.2) is 5.43 Å². The van der Waals surface area contributed by atoms with E-state index in [1.54, 1.807) is 6.07 Å². The largest absolute Gasteiger partial charge is 0.272 e. The second-order valence-corrected chi connectivity index (χ2v) is 4.11. The van der Waals surface area contributed by atoms with Gasteiger partial charge in [0.2, 0.25) is 0 Å². The molecule has 5 nitrogen and oxygen atoms in total. The van der Waals surface area contributed by atoms with Crippen LogP contribution in [-0.4, -0.2) is 11.6 Å². The molecule has 0 aromatic rings. The number of nitriles is 2. The summed E-state index contributed by atoms with van der Waals surface area (Å²) in [5, 5.41) is 21.0. The molecule has 1 aliphatic rings. The molecule has 0 aromatic heterocycles. The van der Waals surface area contributed by atoms with Crippen molar-refractivity contribution < 1.29 is 4.79 Å². The molecule has 90 valence electrons. The fourth-order valence-electron chi connectivity index (χ4n) is 2.01. The molecule has 0 saturated heterocycles. The van der Waals surface area contributed by atoms with Crippen molar-refractivity contribution in [2.24, 2.45) is 11.0 Å². The number of hydrogen-bond acceptors (Lipinski definition) is 4. The van der Waals surface area contributed by atoms with Gasteiger partial charge in [-0.3, -0.25) is 4.79 Å². The molecular weight excluding hydrogens is 216 g/mol. The van der Waals surface area contributed by atoms with E-state index in [1.807, 2.05) is 0 Å². The van der Waals surface area contributed by atoms with Crippen LogP contribution in [0.2, 0.25) is 0 Å². The average molecular weight is 232 g/mol. The Kier molecular flexibility index (Phi) is 5.74. The summed E-state index contributed by atoms with van der Waals surface area (Å²) in [6, 6.07) is 3.91. The van der Waals surface area contributed by atoms with E-state index in [0.717, 1.165) is 37.8 Å². The number of carbonyl (C=O) groups is 1. The van der Waals surface area contributed by atoms with Crippen LogP contribution < -0.4 is 5.43 Å². The first kappa shape index (κ1) is 13.2. The first-order valence-corrected chi connectivity index (χ1v) is 5.87. The van der Waals surface area contributed by atoms with E-state index < -0.39 is 0 Å². The number of hydrogen-bond donors (Lipinski definition) is 1. The van der Waals surface area contributed by atoms with Gasteiger partial charge >= 0.3 is 0 Å². The van der Waals surface area contributed by atoms with Crippen LogP contribution in [-0.2, 0) is 4.79 Å². The summed E-state index contributed by atoms with van der Waals surface area (Å²) in [5.41, 5.74) is 3.37. The second-order valence-electron chi connectivity index (χ2n) is 4.11.